The molecule has 1 unspecified atom stereocenters. The molecule has 1 amide bonds. The van der Waals surface area contributed by atoms with Crippen LogP contribution in [0.4, 0.5) is 4.79 Å². The van der Waals surface area contributed by atoms with Crippen LogP contribution in [0, 0.1) is 0 Å². The third-order valence-corrected chi connectivity index (χ3v) is 5.34. The molecule has 0 aliphatic carbocycles. The van der Waals surface area contributed by atoms with Crippen molar-refractivity contribution >= 4 is 23.3 Å². The fraction of sp³-hybridized carbons (Fsp3) is 0.900. The van der Waals surface area contributed by atoms with Gasteiger partial charge in [0.05, 0.1) is 25.3 Å². The Hall–Kier alpha value is -0.960. The van der Waals surface area contributed by atoms with E-state index in [1.165, 1.54) is 0 Å². The number of hydrogen-bond donors (Lipinski definition) is 0. The highest BCUT2D eigenvalue weighted by Crippen LogP contribution is 2.25. The molecular formula is C20H36N2O5S. The van der Waals surface area contributed by atoms with Gasteiger partial charge in [-0.1, -0.05) is 12.2 Å². The summed E-state index contributed by atoms with van der Waals surface area (Å²) in [5.41, 5.74) is -0.543. The quantitative estimate of drug-likeness (QED) is 0.466. The van der Waals surface area contributed by atoms with Crippen LogP contribution in [-0.4, -0.2) is 85.4 Å². The van der Waals surface area contributed by atoms with Gasteiger partial charge in [0.25, 0.3) is 0 Å². The van der Waals surface area contributed by atoms with Gasteiger partial charge in [-0.25, -0.2) is 4.79 Å². The Morgan fingerprint density at radius 1 is 1.21 bits per heavy atom. The molecule has 7 nitrogen and oxygen atoms in total. The van der Waals surface area contributed by atoms with E-state index in [-0.39, 0.29) is 24.5 Å². The van der Waals surface area contributed by atoms with E-state index in [1.807, 2.05) is 39.8 Å². The van der Waals surface area contributed by atoms with Gasteiger partial charge in [0, 0.05) is 33.7 Å². The molecule has 8 heteroatoms. The summed E-state index contributed by atoms with van der Waals surface area (Å²) in [6.07, 6.45) is 4.27. The molecule has 0 bridgehead atoms. The molecule has 162 valence electrons. The number of nitrogens with zero attached hydrogens (tertiary/aromatic N) is 2. The number of likely N-dealkylation sites (tertiary alicyclic amines) is 1. The third kappa shape index (κ3) is 7.46. The van der Waals surface area contributed by atoms with Crippen LogP contribution in [0.3, 0.4) is 0 Å². The molecule has 3 atom stereocenters. The topological polar surface area (TPSA) is 60.5 Å². The number of thiocarbonyl (C=S) groups is 1. The number of likely N-dealkylation sites (N-methyl/N-ethyl adjacent to an activating group) is 1. The highest BCUT2D eigenvalue weighted by Gasteiger charge is 2.40. The first kappa shape index (κ1) is 23.3. The SMILES string of the molecule is CN(C)C(=S)[C@@H]1C[C@@H](OCCCOC2CCCCO2)CN1C(=O)OC(C)(C)C. The van der Waals surface area contributed by atoms with Crippen LogP contribution in [0.2, 0.25) is 0 Å². The average Bonchev–Trinajstić information content (AvgIpc) is 3.04. The minimum atomic E-state index is -0.543. The van der Waals surface area contributed by atoms with Crippen molar-refractivity contribution in [2.24, 2.45) is 0 Å². The van der Waals surface area contributed by atoms with E-state index in [0.29, 0.717) is 26.2 Å². The minimum absolute atomic E-state index is 0.0543. The maximum absolute atomic E-state index is 12.6. The van der Waals surface area contributed by atoms with E-state index in [4.69, 9.17) is 31.2 Å². The van der Waals surface area contributed by atoms with E-state index in [0.717, 1.165) is 37.3 Å². The highest BCUT2D eigenvalue weighted by molar-refractivity contribution is 7.80. The predicted octanol–water partition coefficient (Wildman–Crippen LogP) is 3.20. The van der Waals surface area contributed by atoms with Crippen molar-refractivity contribution in [3.05, 3.63) is 0 Å². The van der Waals surface area contributed by atoms with Gasteiger partial charge in [0.15, 0.2) is 6.29 Å². The van der Waals surface area contributed by atoms with Gasteiger partial charge in [-0.05, 0) is 46.5 Å². The lowest BCUT2D eigenvalue weighted by Gasteiger charge is -2.30. The number of amides is 1. The molecule has 0 saturated carbocycles. The molecular weight excluding hydrogens is 380 g/mol. The van der Waals surface area contributed by atoms with Crippen LogP contribution in [0.25, 0.3) is 0 Å². The van der Waals surface area contributed by atoms with Gasteiger partial charge in [-0.3, -0.25) is 4.90 Å². The van der Waals surface area contributed by atoms with Crippen LogP contribution in [0.1, 0.15) is 52.9 Å². The Bertz CT molecular complexity index is 517. The van der Waals surface area contributed by atoms with Gasteiger partial charge >= 0.3 is 6.09 Å². The maximum Gasteiger partial charge on any atom is 0.410 e. The van der Waals surface area contributed by atoms with Crippen molar-refractivity contribution in [1.82, 2.24) is 9.80 Å². The van der Waals surface area contributed by atoms with E-state index < -0.39 is 5.60 Å². The molecule has 0 aromatic carbocycles. The fourth-order valence-electron chi connectivity index (χ4n) is 3.34. The molecule has 28 heavy (non-hydrogen) atoms. The molecule has 2 saturated heterocycles. The third-order valence-electron chi connectivity index (χ3n) is 4.70. The minimum Gasteiger partial charge on any atom is -0.444 e. The van der Waals surface area contributed by atoms with Crippen molar-refractivity contribution in [3.63, 3.8) is 0 Å². The van der Waals surface area contributed by atoms with Crippen molar-refractivity contribution < 1.29 is 23.7 Å². The molecule has 0 aromatic rings. The van der Waals surface area contributed by atoms with Crippen molar-refractivity contribution in [2.75, 3.05) is 40.5 Å². The fourth-order valence-corrected chi connectivity index (χ4v) is 3.56. The zero-order chi connectivity index (χ0) is 20.7. The normalized spacial score (nSPS) is 25.6. The monoisotopic (exact) mass is 416 g/mol. The summed E-state index contributed by atoms with van der Waals surface area (Å²) in [5.74, 6) is 0. The van der Waals surface area contributed by atoms with Crippen LogP contribution >= 0.6 is 12.2 Å². The molecule has 0 N–H and O–H groups in total. The van der Waals surface area contributed by atoms with Gasteiger partial charge in [0.1, 0.15) is 10.6 Å². The Balaban J connectivity index is 1.79. The van der Waals surface area contributed by atoms with E-state index in [1.54, 1.807) is 4.90 Å². The Kier molecular flexibility index (Phi) is 8.92. The maximum atomic E-state index is 12.6. The van der Waals surface area contributed by atoms with E-state index in [9.17, 15) is 4.79 Å². The van der Waals surface area contributed by atoms with Gasteiger partial charge in [-0.2, -0.15) is 0 Å². The Morgan fingerprint density at radius 3 is 2.54 bits per heavy atom. The van der Waals surface area contributed by atoms with Crippen LogP contribution in [0.15, 0.2) is 0 Å². The highest BCUT2D eigenvalue weighted by atomic mass is 32.1. The van der Waals surface area contributed by atoms with Gasteiger partial charge in [-0.15, -0.1) is 0 Å². The second kappa shape index (κ2) is 10.7. The summed E-state index contributed by atoms with van der Waals surface area (Å²) in [6.45, 7) is 8.07. The van der Waals surface area contributed by atoms with Gasteiger partial charge < -0.3 is 23.8 Å². The van der Waals surface area contributed by atoms with Crippen LogP contribution in [0.5, 0.6) is 0 Å². The number of ether oxygens (including phenoxy) is 4. The van der Waals surface area contributed by atoms with E-state index in [2.05, 4.69) is 0 Å². The molecule has 2 fully saturated rings. The summed E-state index contributed by atoms with van der Waals surface area (Å²) in [4.78, 5) is 16.9. The predicted molar refractivity (Wildman–Crippen MR) is 112 cm³/mol. The number of carbonyl (C=O) groups excluding carboxylic acids is 1. The van der Waals surface area contributed by atoms with E-state index >= 15 is 0 Å². The molecule has 0 aromatic heterocycles. The summed E-state index contributed by atoms with van der Waals surface area (Å²) < 4.78 is 22.9. The number of rotatable bonds is 7. The molecule has 2 heterocycles. The Morgan fingerprint density at radius 2 is 1.93 bits per heavy atom. The second-order valence-electron chi connectivity index (χ2n) is 8.63. The first-order valence-corrected chi connectivity index (χ1v) is 10.6. The van der Waals surface area contributed by atoms with Crippen molar-refractivity contribution in [3.8, 4) is 0 Å². The first-order valence-electron chi connectivity index (χ1n) is 10.2. The van der Waals surface area contributed by atoms with Crippen LogP contribution in [-0.2, 0) is 18.9 Å². The lowest BCUT2D eigenvalue weighted by atomic mass is 10.2. The molecule has 0 radical (unpaired) electrons. The lowest BCUT2D eigenvalue weighted by Crippen LogP contribution is -2.46. The summed E-state index contributed by atoms with van der Waals surface area (Å²) >= 11 is 5.54. The number of hydrogen-bond acceptors (Lipinski definition) is 6. The first-order chi connectivity index (χ1) is 13.2. The standard InChI is InChI=1S/C20H36N2O5S/c1-20(2,3)27-19(23)22-14-15(13-16(22)18(28)21(4)5)24-11-8-12-26-17-9-6-7-10-25-17/h15-17H,6-14H2,1-5H3/t15-,16+,17?/m1/s1. The zero-order valence-electron chi connectivity index (χ0n) is 17.9. The largest absolute Gasteiger partial charge is 0.444 e. The number of carbonyl (C=O) groups is 1. The smallest absolute Gasteiger partial charge is 0.410 e. The molecule has 2 aliphatic heterocycles. The molecule has 2 aliphatic rings. The summed E-state index contributed by atoms with van der Waals surface area (Å²) in [7, 11) is 3.79. The lowest BCUT2D eigenvalue weighted by molar-refractivity contribution is -0.164. The van der Waals surface area contributed by atoms with Crippen molar-refractivity contribution in [2.45, 2.75) is 76.9 Å². The zero-order valence-corrected chi connectivity index (χ0v) is 18.8. The Labute approximate surface area is 174 Å². The molecule has 2 rings (SSSR count). The molecule has 0 spiro atoms. The second-order valence-corrected chi connectivity index (χ2v) is 9.05. The average molecular weight is 417 g/mol. The summed E-state index contributed by atoms with van der Waals surface area (Å²) in [5, 5.41) is 0. The summed E-state index contributed by atoms with van der Waals surface area (Å²) in [6, 6.07) is -0.184. The van der Waals surface area contributed by atoms with Crippen molar-refractivity contribution in [1.29, 1.82) is 0 Å². The van der Waals surface area contributed by atoms with Gasteiger partial charge in [0.2, 0.25) is 0 Å². The van der Waals surface area contributed by atoms with Crippen LogP contribution < -0.4 is 0 Å².